The van der Waals surface area contributed by atoms with E-state index in [2.05, 4.69) is 11.9 Å². The lowest BCUT2D eigenvalue weighted by atomic mass is 9.81. The molecule has 0 N–H and O–H groups in total. The first-order valence-electron chi connectivity index (χ1n) is 6.15. The van der Waals surface area contributed by atoms with Gasteiger partial charge in [0, 0.05) is 11.6 Å². The van der Waals surface area contributed by atoms with Crippen LogP contribution in [0, 0.1) is 5.92 Å². The number of nitrogens with zero attached hydrogens (tertiary/aromatic N) is 1. The lowest BCUT2D eigenvalue weighted by Crippen LogP contribution is -2.21. The number of hydrogen-bond donors (Lipinski definition) is 0. The van der Waals surface area contributed by atoms with E-state index in [-0.39, 0.29) is 18.1 Å². The van der Waals surface area contributed by atoms with E-state index in [1.165, 1.54) is 6.07 Å². The molecule has 2 aliphatic rings. The molecule has 0 saturated carbocycles. The second-order valence-electron chi connectivity index (χ2n) is 5.21. The lowest BCUT2D eigenvalue weighted by molar-refractivity contribution is -0.141. The molecule has 2 saturated heterocycles. The van der Waals surface area contributed by atoms with Crippen LogP contribution in [-0.4, -0.2) is 17.2 Å². The highest BCUT2D eigenvalue weighted by molar-refractivity contribution is 5.20. The van der Waals surface area contributed by atoms with Crippen molar-refractivity contribution in [3.8, 4) is 0 Å². The standard InChI is InChI=1S/C13H14F3NO/c1-7-5-11-8(6-10(7)18-11)9-3-2-4-12(17-9)13(14,15)16/h2-4,7-8,10-11H,5-6H2,1H3. The van der Waals surface area contributed by atoms with Gasteiger partial charge in [0.05, 0.1) is 12.2 Å². The summed E-state index contributed by atoms with van der Waals surface area (Å²) < 4.78 is 43.6. The number of aromatic nitrogens is 1. The Morgan fingerprint density at radius 3 is 2.56 bits per heavy atom. The van der Waals surface area contributed by atoms with Crippen LogP contribution in [0.2, 0.25) is 0 Å². The molecule has 1 aromatic heterocycles. The first-order valence-corrected chi connectivity index (χ1v) is 6.15. The van der Waals surface area contributed by atoms with Gasteiger partial charge in [-0.05, 0) is 30.9 Å². The van der Waals surface area contributed by atoms with Crippen LogP contribution >= 0.6 is 0 Å². The predicted molar refractivity (Wildman–Crippen MR) is 59.0 cm³/mol. The normalized spacial score (nSPS) is 35.1. The first kappa shape index (κ1) is 12.0. The lowest BCUT2D eigenvalue weighted by Gasteiger charge is -2.22. The van der Waals surface area contributed by atoms with Crippen molar-refractivity contribution in [1.82, 2.24) is 4.98 Å². The summed E-state index contributed by atoms with van der Waals surface area (Å²) in [6.07, 6.45) is -2.42. The minimum Gasteiger partial charge on any atom is -0.374 e. The smallest absolute Gasteiger partial charge is 0.374 e. The van der Waals surface area contributed by atoms with Crippen LogP contribution in [0.4, 0.5) is 13.2 Å². The van der Waals surface area contributed by atoms with Crippen LogP contribution < -0.4 is 0 Å². The molecule has 0 amide bonds. The summed E-state index contributed by atoms with van der Waals surface area (Å²) in [6.45, 7) is 2.13. The van der Waals surface area contributed by atoms with Gasteiger partial charge in [-0.3, -0.25) is 0 Å². The zero-order valence-electron chi connectivity index (χ0n) is 9.95. The number of pyridine rings is 1. The largest absolute Gasteiger partial charge is 0.433 e. The van der Waals surface area contributed by atoms with E-state index in [1.54, 1.807) is 6.07 Å². The number of alkyl halides is 3. The SMILES string of the molecule is CC1CC2OC1CC2c1cccc(C(F)(F)F)n1. The quantitative estimate of drug-likeness (QED) is 0.769. The zero-order valence-corrected chi connectivity index (χ0v) is 9.95. The van der Waals surface area contributed by atoms with Gasteiger partial charge in [-0.1, -0.05) is 13.0 Å². The van der Waals surface area contributed by atoms with Gasteiger partial charge in [-0.25, -0.2) is 4.98 Å². The van der Waals surface area contributed by atoms with E-state index < -0.39 is 11.9 Å². The summed E-state index contributed by atoms with van der Waals surface area (Å²) in [5.41, 5.74) is -0.292. The molecule has 1 aromatic rings. The Morgan fingerprint density at radius 1 is 1.22 bits per heavy atom. The summed E-state index contributed by atoms with van der Waals surface area (Å²) in [5, 5.41) is 0. The number of hydrogen-bond acceptors (Lipinski definition) is 2. The van der Waals surface area contributed by atoms with Crippen LogP contribution in [0.15, 0.2) is 18.2 Å². The molecule has 3 heterocycles. The summed E-state index contributed by atoms with van der Waals surface area (Å²) in [4.78, 5) is 3.76. The maximum Gasteiger partial charge on any atom is 0.433 e. The summed E-state index contributed by atoms with van der Waals surface area (Å²) in [7, 11) is 0. The van der Waals surface area contributed by atoms with Gasteiger partial charge in [0.15, 0.2) is 0 Å². The molecule has 0 aromatic carbocycles. The monoisotopic (exact) mass is 257 g/mol. The van der Waals surface area contributed by atoms with E-state index in [0.717, 1.165) is 18.9 Å². The average molecular weight is 257 g/mol. The number of ether oxygens (including phenoxy) is 1. The second-order valence-corrected chi connectivity index (χ2v) is 5.21. The van der Waals surface area contributed by atoms with Crippen LogP contribution in [0.25, 0.3) is 0 Å². The maximum atomic E-state index is 12.6. The molecule has 0 radical (unpaired) electrons. The fourth-order valence-electron chi connectivity index (χ4n) is 3.01. The Labute approximate surface area is 103 Å². The van der Waals surface area contributed by atoms with Gasteiger partial charge in [0.2, 0.25) is 0 Å². The molecule has 2 bridgehead atoms. The third kappa shape index (κ3) is 1.90. The van der Waals surface area contributed by atoms with Crippen LogP contribution in [0.1, 0.15) is 37.1 Å². The highest BCUT2D eigenvalue weighted by Crippen LogP contribution is 2.47. The second kappa shape index (κ2) is 3.95. The maximum absolute atomic E-state index is 12.6. The summed E-state index contributed by atoms with van der Waals surface area (Å²) >= 11 is 0. The molecule has 2 nitrogen and oxygen atoms in total. The molecule has 5 heteroatoms. The van der Waals surface area contributed by atoms with Gasteiger partial charge in [0.1, 0.15) is 5.69 Å². The highest BCUT2D eigenvalue weighted by atomic mass is 19.4. The zero-order chi connectivity index (χ0) is 12.9. The van der Waals surface area contributed by atoms with Gasteiger partial charge in [-0.15, -0.1) is 0 Å². The Bertz CT molecular complexity index is 458. The average Bonchev–Trinajstić information content (AvgIpc) is 2.86. The van der Waals surface area contributed by atoms with Crippen molar-refractivity contribution in [2.45, 2.75) is 44.1 Å². The van der Waals surface area contributed by atoms with E-state index in [4.69, 9.17) is 4.74 Å². The van der Waals surface area contributed by atoms with Gasteiger partial charge < -0.3 is 4.74 Å². The van der Waals surface area contributed by atoms with Crippen molar-refractivity contribution in [3.63, 3.8) is 0 Å². The molecule has 0 aliphatic carbocycles. The Morgan fingerprint density at radius 2 is 2.00 bits per heavy atom. The first-order chi connectivity index (χ1) is 8.45. The van der Waals surface area contributed by atoms with E-state index in [1.807, 2.05) is 0 Å². The number of fused-ring (bicyclic) bond motifs is 2. The number of halogens is 3. The Balaban J connectivity index is 1.86. The predicted octanol–water partition coefficient (Wildman–Crippen LogP) is 3.38. The van der Waals surface area contributed by atoms with Crippen LogP contribution in [0.3, 0.4) is 0 Å². The fourth-order valence-corrected chi connectivity index (χ4v) is 3.01. The minimum absolute atomic E-state index is 0.0218. The molecular formula is C13H14F3NO. The van der Waals surface area contributed by atoms with Crippen LogP contribution in [-0.2, 0) is 10.9 Å². The van der Waals surface area contributed by atoms with Gasteiger partial charge in [-0.2, -0.15) is 13.2 Å². The fraction of sp³-hybridized carbons (Fsp3) is 0.615. The highest BCUT2D eigenvalue weighted by Gasteiger charge is 2.46. The molecule has 2 aliphatic heterocycles. The van der Waals surface area contributed by atoms with Crippen molar-refractivity contribution in [1.29, 1.82) is 0 Å². The van der Waals surface area contributed by atoms with Crippen molar-refractivity contribution in [3.05, 3.63) is 29.6 Å². The van der Waals surface area contributed by atoms with Crippen molar-refractivity contribution in [2.24, 2.45) is 5.92 Å². The third-order valence-corrected chi connectivity index (χ3v) is 3.96. The molecule has 98 valence electrons. The minimum atomic E-state index is -4.37. The Hall–Kier alpha value is -1.10. The molecule has 4 unspecified atom stereocenters. The Kier molecular flexibility index (Phi) is 2.62. The number of rotatable bonds is 1. The van der Waals surface area contributed by atoms with Gasteiger partial charge >= 0.3 is 6.18 Å². The van der Waals surface area contributed by atoms with Crippen molar-refractivity contribution in [2.75, 3.05) is 0 Å². The van der Waals surface area contributed by atoms with E-state index >= 15 is 0 Å². The summed E-state index contributed by atoms with van der Waals surface area (Å²) in [5.74, 6) is 0.533. The summed E-state index contributed by atoms with van der Waals surface area (Å²) in [6, 6.07) is 4.12. The van der Waals surface area contributed by atoms with Crippen molar-refractivity contribution >= 4 is 0 Å². The molecule has 2 fully saturated rings. The molecular weight excluding hydrogens is 243 g/mol. The third-order valence-electron chi connectivity index (χ3n) is 3.96. The topological polar surface area (TPSA) is 22.1 Å². The molecule has 4 atom stereocenters. The van der Waals surface area contributed by atoms with Crippen molar-refractivity contribution < 1.29 is 17.9 Å². The molecule has 0 spiro atoms. The van der Waals surface area contributed by atoms with E-state index in [9.17, 15) is 13.2 Å². The molecule has 18 heavy (non-hydrogen) atoms. The molecule has 3 rings (SSSR count). The van der Waals surface area contributed by atoms with E-state index in [0.29, 0.717) is 11.6 Å². The van der Waals surface area contributed by atoms with Crippen LogP contribution in [0.5, 0.6) is 0 Å². The van der Waals surface area contributed by atoms with Gasteiger partial charge in [0.25, 0.3) is 0 Å².